The third-order valence-electron chi connectivity index (χ3n) is 5.32. The van der Waals surface area contributed by atoms with Gasteiger partial charge >= 0.3 is 0 Å². The zero-order valence-corrected chi connectivity index (χ0v) is 21.4. The Bertz CT molecular complexity index is 1680. The Kier molecular flexibility index (Phi) is 6.99. The van der Waals surface area contributed by atoms with Crippen LogP contribution in [-0.4, -0.2) is 20.7 Å². The number of hydrogen-bond donors (Lipinski definition) is 0. The Morgan fingerprint density at radius 3 is 2.53 bits per heavy atom. The van der Waals surface area contributed by atoms with Crippen LogP contribution in [0.2, 0.25) is 0 Å². The van der Waals surface area contributed by atoms with Crippen molar-refractivity contribution in [3.63, 3.8) is 0 Å². The zero-order chi connectivity index (χ0) is 25.2. The molecule has 3 aromatic carbocycles. The lowest BCUT2D eigenvalue weighted by atomic mass is 10.2. The molecule has 0 aliphatic heterocycles. The van der Waals surface area contributed by atoms with E-state index in [0.29, 0.717) is 48.9 Å². The van der Waals surface area contributed by atoms with Gasteiger partial charge in [0, 0.05) is 5.75 Å². The van der Waals surface area contributed by atoms with Gasteiger partial charge < -0.3 is 4.74 Å². The Balaban J connectivity index is 1.73. The van der Waals surface area contributed by atoms with Crippen LogP contribution in [0, 0.1) is 15.6 Å². The summed E-state index contributed by atoms with van der Waals surface area (Å²) in [5.74, 6) is 0.238. The predicted molar refractivity (Wildman–Crippen MR) is 142 cm³/mol. The van der Waals surface area contributed by atoms with E-state index in [-0.39, 0.29) is 11.4 Å². The highest BCUT2D eigenvalue weighted by Gasteiger charge is 2.20. The van der Waals surface area contributed by atoms with Crippen molar-refractivity contribution < 1.29 is 13.5 Å². The van der Waals surface area contributed by atoms with Gasteiger partial charge in [-0.05, 0) is 73.2 Å². The monoisotopic (exact) mass is 539 g/mol. The second-order valence-corrected chi connectivity index (χ2v) is 10.3. The number of ether oxygens (including phenoxy) is 1. The molecule has 5 nitrogen and oxygen atoms in total. The van der Waals surface area contributed by atoms with Gasteiger partial charge in [-0.1, -0.05) is 47.4 Å². The number of halogens is 2. The van der Waals surface area contributed by atoms with Gasteiger partial charge in [0.15, 0.2) is 14.8 Å². The average Bonchev–Trinajstić information content (AvgIpc) is 3.20. The van der Waals surface area contributed by atoms with Crippen LogP contribution in [0.1, 0.15) is 12.5 Å². The highest BCUT2D eigenvalue weighted by molar-refractivity contribution is 7.98. The number of thioether (sulfide) groups is 1. The molecule has 0 aliphatic rings. The number of benzene rings is 3. The summed E-state index contributed by atoms with van der Waals surface area (Å²) in [5, 5.41) is 0.374. The Morgan fingerprint density at radius 1 is 1.00 bits per heavy atom. The summed E-state index contributed by atoms with van der Waals surface area (Å²) in [4.78, 5) is 18.6. The minimum Gasteiger partial charge on any atom is -0.492 e. The minimum atomic E-state index is -0.413. The van der Waals surface area contributed by atoms with Gasteiger partial charge in [-0.3, -0.25) is 13.9 Å². The molecular weight excluding hydrogens is 521 g/mol. The van der Waals surface area contributed by atoms with E-state index in [2.05, 4.69) is 0 Å². The maximum Gasteiger partial charge on any atom is 0.278 e. The van der Waals surface area contributed by atoms with Crippen molar-refractivity contribution in [1.29, 1.82) is 0 Å². The van der Waals surface area contributed by atoms with Gasteiger partial charge in [0.05, 0.1) is 18.0 Å². The molecule has 0 bridgehead atoms. The molecule has 2 heterocycles. The quantitative estimate of drug-likeness (QED) is 0.127. The first-order chi connectivity index (χ1) is 17.5. The molecule has 0 saturated heterocycles. The summed E-state index contributed by atoms with van der Waals surface area (Å²) in [7, 11) is 0. The van der Waals surface area contributed by atoms with E-state index in [9.17, 15) is 13.6 Å². The van der Waals surface area contributed by atoms with Crippen molar-refractivity contribution in [3.05, 3.63) is 104 Å². The lowest BCUT2D eigenvalue weighted by Crippen LogP contribution is -2.21. The summed E-state index contributed by atoms with van der Waals surface area (Å²) >= 11 is 8.09. The standard InChI is InChI=1S/C26H19F2N3O2S3/c1-2-33-21-9-4-3-8-20(21)31-23-22(36-26(31)34)24(32)30(19-12-10-17(27)11-13-19)25(29-23)35-15-16-6-5-7-18(28)14-16/h3-14H,2,15H2,1H3. The Hall–Kier alpha value is -3.34. The smallest absolute Gasteiger partial charge is 0.278 e. The van der Waals surface area contributed by atoms with E-state index in [1.54, 1.807) is 16.7 Å². The largest absolute Gasteiger partial charge is 0.492 e. The molecule has 0 amide bonds. The van der Waals surface area contributed by atoms with Crippen molar-refractivity contribution >= 4 is 45.7 Å². The molecule has 0 N–H and O–H groups in total. The van der Waals surface area contributed by atoms with Gasteiger partial charge in [-0.15, -0.1) is 0 Å². The first-order valence-corrected chi connectivity index (χ1v) is 13.2. The maximum absolute atomic E-state index is 13.8. The maximum atomic E-state index is 13.8. The SMILES string of the molecule is CCOc1ccccc1-n1c(=S)sc2c(=O)n(-c3ccc(F)cc3)c(SCc3cccc(F)c3)nc21. The van der Waals surface area contributed by atoms with Gasteiger partial charge in [0.2, 0.25) is 0 Å². The van der Waals surface area contributed by atoms with Crippen molar-refractivity contribution in [3.8, 4) is 17.1 Å². The molecule has 0 atom stereocenters. The molecule has 0 unspecified atom stereocenters. The molecular formula is C26H19F2N3O2S3. The first kappa shape index (κ1) is 24.4. The van der Waals surface area contributed by atoms with Crippen LogP contribution in [0.4, 0.5) is 8.78 Å². The van der Waals surface area contributed by atoms with Crippen LogP contribution in [0.15, 0.2) is 82.7 Å². The minimum absolute atomic E-state index is 0.322. The molecule has 0 radical (unpaired) electrons. The van der Waals surface area contributed by atoms with E-state index in [1.807, 2.05) is 31.2 Å². The number of thiazole rings is 1. The van der Waals surface area contributed by atoms with Crippen LogP contribution in [-0.2, 0) is 5.75 Å². The van der Waals surface area contributed by atoms with Crippen LogP contribution < -0.4 is 10.3 Å². The second-order valence-electron chi connectivity index (χ2n) is 7.69. The highest BCUT2D eigenvalue weighted by Crippen LogP contribution is 2.32. The van der Waals surface area contributed by atoms with E-state index >= 15 is 0 Å². The predicted octanol–water partition coefficient (Wildman–Crippen LogP) is 6.94. The van der Waals surface area contributed by atoms with E-state index < -0.39 is 5.82 Å². The van der Waals surface area contributed by atoms with E-state index in [0.717, 1.165) is 16.9 Å². The Labute approximate surface area is 218 Å². The lowest BCUT2D eigenvalue weighted by molar-refractivity contribution is 0.339. The van der Waals surface area contributed by atoms with Crippen LogP contribution >= 0.6 is 35.3 Å². The molecule has 5 aromatic rings. The van der Waals surface area contributed by atoms with Gasteiger partial charge in [-0.25, -0.2) is 13.8 Å². The fourth-order valence-corrected chi connectivity index (χ4v) is 5.99. The van der Waals surface area contributed by atoms with Crippen molar-refractivity contribution in [2.24, 2.45) is 0 Å². The molecule has 10 heteroatoms. The van der Waals surface area contributed by atoms with Crippen molar-refractivity contribution in [1.82, 2.24) is 14.1 Å². The van der Waals surface area contributed by atoms with Gasteiger partial charge in [0.25, 0.3) is 5.56 Å². The molecule has 0 aliphatic carbocycles. The summed E-state index contributed by atoms with van der Waals surface area (Å²) in [6, 6.07) is 19.3. The van der Waals surface area contributed by atoms with Crippen molar-refractivity contribution in [2.75, 3.05) is 6.61 Å². The number of aromatic nitrogens is 3. The summed E-state index contributed by atoms with van der Waals surface area (Å²) in [5.41, 5.74) is 1.98. The normalized spacial score (nSPS) is 11.2. The van der Waals surface area contributed by atoms with Gasteiger partial charge in [0.1, 0.15) is 22.1 Å². The fourth-order valence-electron chi connectivity index (χ4n) is 3.76. The molecule has 0 spiro atoms. The highest BCUT2D eigenvalue weighted by atomic mass is 32.2. The third-order valence-corrected chi connectivity index (χ3v) is 7.69. The molecule has 0 saturated carbocycles. The number of rotatable bonds is 7. The van der Waals surface area contributed by atoms with E-state index in [1.165, 1.54) is 52.7 Å². The fraction of sp³-hybridized carbons (Fsp3) is 0.115. The second kappa shape index (κ2) is 10.3. The van der Waals surface area contributed by atoms with E-state index in [4.69, 9.17) is 21.9 Å². The number of fused-ring (bicyclic) bond motifs is 1. The molecule has 36 heavy (non-hydrogen) atoms. The number of hydrogen-bond acceptors (Lipinski definition) is 6. The van der Waals surface area contributed by atoms with Crippen LogP contribution in [0.3, 0.4) is 0 Å². The molecule has 2 aromatic heterocycles. The lowest BCUT2D eigenvalue weighted by Gasteiger charge is -2.14. The Morgan fingerprint density at radius 2 is 1.78 bits per heavy atom. The van der Waals surface area contributed by atoms with Crippen LogP contribution in [0.25, 0.3) is 21.7 Å². The third kappa shape index (κ3) is 4.71. The zero-order valence-electron chi connectivity index (χ0n) is 19.0. The summed E-state index contributed by atoms with van der Waals surface area (Å²) in [6.07, 6.45) is 0. The molecule has 5 rings (SSSR count). The molecule has 0 fully saturated rings. The first-order valence-electron chi connectivity index (χ1n) is 11.0. The topological polar surface area (TPSA) is 49.0 Å². The number of nitrogens with zero attached hydrogens (tertiary/aromatic N) is 3. The average molecular weight is 540 g/mol. The van der Waals surface area contributed by atoms with Crippen LogP contribution in [0.5, 0.6) is 5.75 Å². The summed E-state index contributed by atoms with van der Waals surface area (Å²) in [6.45, 7) is 2.36. The number of para-hydroxylation sites is 2. The molecule has 182 valence electrons. The van der Waals surface area contributed by atoms with Gasteiger partial charge in [-0.2, -0.15) is 0 Å². The summed E-state index contributed by atoms with van der Waals surface area (Å²) < 4.78 is 37.2. The van der Waals surface area contributed by atoms with Crippen molar-refractivity contribution in [2.45, 2.75) is 17.8 Å².